The quantitative estimate of drug-likeness (QED) is 0.506. The summed E-state index contributed by atoms with van der Waals surface area (Å²) >= 11 is 0. The molecule has 10 heteroatoms. The van der Waals surface area contributed by atoms with Crippen molar-refractivity contribution in [2.45, 2.75) is 24.5 Å². The number of hydrogen-bond acceptors (Lipinski definition) is 9. The van der Waals surface area contributed by atoms with E-state index in [9.17, 15) is 10.2 Å². The number of anilines is 1. The van der Waals surface area contributed by atoms with Gasteiger partial charge in [0.05, 0.1) is 20.0 Å². The van der Waals surface area contributed by atoms with Crippen LogP contribution in [0.2, 0.25) is 0 Å². The normalized spacial score (nSPS) is 29.1. The molecule has 0 spiro atoms. The van der Waals surface area contributed by atoms with Crippen LogP contribution in [0.4, 0.5) is 5.95 Å². The number of nitrogens with two attached hydrogens (primary N) is 1. The Labute approximate surface area is 118 Å². The smallest absolute Gasteiger partial charge is 0.246 e. The van der Waals surface area contributed by atoms with Crippen LogP contribution in [0.15, 0.2) is 6.33 Å². The molecule has 3 rings (SSSR count). The molecule has 2 aromatic rings. The third kappa shape index (κ3) is 2.08. The Balaban J connectivity index is 2.07. The summed E-state index contributed by atoms with van der Waals surface area (Å²) in [4.78, 5) is 12.1. The molecule has 1 aliphatic heterocycles. The van der Waals surface area contributed by atoms with Gasteiger partial charge >= 0.3 is 0 Å². The Hall–Kier alpha value is -2.01. The van der Waals surface area contributed by atoms with E-state index in [0.717, 1.165) is 0 Å². The number of aromatic nitrogens is 4. The number of nitrogen functional groups attached to an aromatic ring is 1. The molecule has 0 saturated carbocycles. The van der Waals surface area contributed by atoms with Gasteiger partial charge in [-0.1, -0.05) is 0 Å². The molecule has 5 N–H and O–H groups in total. The lowest BCUT2D eigenvalue weighted by Gasteiger charge is -2.16. The van der Waals surface area contributed by atoms with Crippen molar-refractivity contribution in [3.8, 4) is 5.88 Å². The lowest BCUT2D eigenvalue weighted by Crippen LogP contribution is -2.33. The van der Waals surface area contributed by atoms with E-state index >= 15 is 0 Å². The summed E-state index contributed by atoms with van der Waals surface area (Å²) in [6.07, 6.45) is -2.90. The number of methoxy groups -OCH3 is 1. The van der Waals surface area contributed by atoms with Crippen LogP contribution in [-0.2, 0) is 4.74 Å². The maximum atomic E-state index is 10.0. The summed E-state index contributed by atoms with van der Waals surface area (Å²) in [5.41, 5.74) is 6.26. The molecule has 0 aromatic carbocycles. The van der Waals surface area contributed by atoms with E-state index < -0.39 is 31.1 Å². The molecule has 1 saturated heterocycles. The summed E-state index contributed by atoms with van der Waals surface area (Å²) in [6.45, 7) is -0.415. The molecule has 2 aromatic heterocycles. The van der Waals surface area contributed by atoms with Crippen molar-refractivity contribution in [3.05, 3.63) is 6.33 Å². The van der Waals surface area contributed by atoms with E-state index in [1.165, 1.54) is 18.0 Å². The number of aliphatic hydroxyl groups is 3. The third-order valence-corrected chi connectivity index (χ3v) is 3.39. The highest BCUT2D eigenvalue weighted by atomic mass is 16.6. The third-order valence-electron chi connectivity index (χ3n) is 3.39. The minimum atomic E-state index is -1.23. The lowest BCUT2D eigenvalue weighted by atomic mass is 10.1. The molecular weight excluding hydrogens is 282 g/mol. The predicted molar refractivity (Wildman–Crippen MR) is 69.3 cm³/mol. The highest BCUT2D eigenvalue weighted by Gasteiger charge is 2.44. The van der Waals surface area contributed by atoms with Gasteiger partial charge in [-0.15, -0.1) is 0 Å². The van der Waals surface area contributed by atoms with Crippen LogP contribution in [0, 0.1) is 0 Å². The highest BCUT2D eigenvalue weighted by molar-refractivity contribution is 5.77. The fourth-order valence-corrected chi connectivity index (χ4v) is 2.35. The van der Waals surface area contributed by atoms with Gasteiger partial charge in [0.2, 0.25) is 11.8 Å². The maximum Gasteiger partial charge on any atom is 0.246 e. The summed E-state index contributed by atoms with van der Waals surface area (Å²) < 4.78 is 11.9. The highest BCUT2D eigenvalue weighted by Crippen LogP contribution is 2.32. The van der Waals surface area contributed by atoms with E-state index in [-0.39, 0.29) is 11.8 Å². The van der Waals surface area contributed by atoms with Crippen molar-refractivity contribution in [1.82, 2.24) is 19.5 Å². The fourth-order valence-electron chi connectivity index (χ4n) is 2.35. The van der Waals surface area contributed by atoms with Crippen LogP contribution in [0.5, 0.6) is 5.88 Å². The van der Waals surface area contributed by atoms with E-state index in [2.05, 4.69) is 15.0 Å². The Kier molecular flexibility index (Phi) is 3.37. The largest absolute Gasteiger partial charge is 0.479 e. The monoisotopic (exact) mass is 297 g/mol. The van der Waals surface area contributed by atoms with Gasteiger partial charge in [0.25, 0.3) is 0 Å². The fraction of sp³-hybridized carbons (Fsp3) is 0.545. The van der Waals surface area contributed by atoms with Crippen molar-refractivity contribution >= 4 is 17.1 Å². The van der Waals surface area contributed by atoms with Crippen LogP contribution in [0.25, 0.3) is 11.2 Å². The molecule has 0 amide bonds. The second-order valence-electron chi connectivity index (χ2n) is 4.64. The van der Waals surface area contributed by atoms with Gasteiger partial charge in [-0.25, -0.2) is 4.98 Å². The van der Waals surface area contributed by atoms with Gasteiger partial charge in [-0.05, 0) is 0 Å². The number of imidazole rings is 1. The molecule has 0 bridgehead atoms. The lowest BCUT2D eigenvalue weighted by molar-refractivity contribution is -0.0511. The van der Waals surface area contributed by atoms with Crippen LogP contribution >= 0.6 is 0 Å². The predicted octanol–water partition coefficient (Wildman–Crippen LogP) is -1.97. The summed E-state index contributed by atoms with van der Waals surface area (Å²) in [5.74, 6) is 0.177. The van der Waals surface area contributed by atoms with Crippen LogP contribution in [0.3, 0.4) is 0 Å². The minimum Gasteiger partial charge on any atom is -0.479 e. The number of nitrogens with zero attached hydrogens (tertiary/aromatic N) is 4. The molecule has 0 aliphatic carbocycles. The van der Waals surface area contributed by atoms with Gasteiger partial charge < -0.3 is 30.5 Å². The molecule has 0 radical (unpaired) electrons. The SMILES string of the molecule is COc1nc(N)nc2c1ncn2[C@H]1O[C@@H](CO)[C@@H](O)[C@H]1O. The van der Waals surface area contributed by atoms with Gasteiger partial charge in [-0.2, -0.15) is 9.97 Å². The molecule has 1 fully saturated rings. The Morgan fingerprint density at radius 2 is 2.14 bits per heavy atom. The first-order valence-electron chi connectivity index (χ1n) is 6.23. The average Bonchev–Trinajstić information content (AvgIpc) is 3.01. The van der Waals surface area contributed by atoms with Crippen LogP contribution < -0.4 is 10.5 Å². The minimum absolute atomic E-state index is 0.0205. The summed E-state index contributed by atoms with van der Waals surface area (Å²) in [7, 11) is 1.42. The van der Waals surface area contributed by atoms with E-state index in [1.54, 1.807) is 0 Å². The second-order valence-corrected chi connectivity index (χ2v) is 4.64. The zero-order chi connectivity index (χ0) is 15.1. The van der Waals surface area contributed by atoms with E-state index in [1.807, 2.05) is 0 Å². The zero-order valence-electron chi connectivity index (χ0n) is 11.1. The van der Waals surface area contributed by atoms with Gasteiger partial charge in [0, 0.05) is 0 Å². The number of fused-ring (bicyclic) bond motifs is 1. The van der Waals surface area contributed by atoms with E-state index in [0.29, 0.717) is 11.2 Å². The molecule has 3 heterocycles. The Morgan fingerprint density at radius 1 is 1.38 bits per heavy atom. The van der Waals surface area contributed by atoms with Crippen molar-refractivity contribution in [2.75, 3.05) is 19.5 Å². The molecule has 114 valence electrons. The molecule has 21 heavy (non-hydrogen) atoms. The summed E-state index contributed by atoms with van der Waals surface area (Å²) in [5, 5.41) is 29.0. The molecule has 10 nitrogen and oxygen atoms in total. The van der Waals surface area contributed by atoms with Crippen molar-refractivity contribution in [3.63, 3.8) is 0 Å². The number of ether oxygens (including phenoxy) is 2. The molecule has 1 aliphatic rings. The maximum absolute atomic E-state index is 10.0. The first-order valence-corrected chi connectivity index (χ1v) is 6.23. The topological polar surface area (TPSA) is 149 Å². The molecule has 4 atom stereocenters. The first-order chi connectivity index (χ1) is 10.1. The Morgan fingerprint density at radius 3 is 2.76 bits per heavy atom. The second kappa shape index (κ2) is 5.07. The van der Waals surface area contributed by atoms with Gasteiger partial charge in [0.1, 0.15) is 18.3 Å². The zero-order valence-corrected chi connectivity index (χ0v) is 11.1. The molecule has 0 unspecified atom stereocenters. The standard InChI is InChI=1S/C11H15N5O5/c1-20-9-5-8(14-11(12)15-9)16(3-13-5)10-7(19)6(18)4(2-17)21-10/h3-4,6-7,10,17-19H,2H2,1H3,(H2,12,14,15)/t4-,6+,7+,10-/m0/s1. The summed E-state index contributed by atoms with van der Waals surface area (Å²) in [6, 6.07) is 0. The number of aliphatic hydroxyl groups excluding tert-OH is 3. The Bertz CT molecular complexity index is 662. The van der Waals surface area contributed by atoms with E-state index in [4.69, 9.17) is 20.3 Å². The average molecular weight is 297 g/mol. The molecular formula is C11H15N5O5. The van der Waals surface area contributed by atoms with Crippen molar-refractivity contribution in [2.24, 2.45) is 0 Å². The first kappa shape index (κ1) is 13.9. The number of hydrogen-bond donors (Lipinski definition) is 4. The van der Waals surface area contributed by atoms with Crippen LogP contribution in [-0.4, -0.2) is 66.9 Å². The van der Waals surface area contributed by atoms with Gasteiger partial charge in [0.15, 0.2) is 17.4 Å². The van der Waals surface area contributed by atoms with Crippen molar-refractivity contribution in [1.29, 1.82) is 0 Å². The van der Waals surface area contributed by atoms with Crippen LogP contribution in [0.1, 0.15) is 6.23 Å². The number of rotatable bonds is 3. The van der Waals surface area contributed by atoms with Gasteiger partial charge in [-0.3, -0.25) is 4.57 Å². The van der Waals surface area contributed by atoms with Crippen molar-refractivity contribution < 1.29 is 24.8 Å².